The highest BCUT2D eigenvalue weighted by Crippen LogP contribution is 2.56. The first-order chi connectivity index (χ1) is 20.7. The van der Waals surface area contributed by atoms with Gasteiger partial charge in [-0.15, -0.1) is 0 Å². The van der Waals surface area contributed by atoms with E-state index >= 15 is 0 Å². The molecule has 4 atom stereocenters. The lowest BCUT2D eigenvalue weighted by Crippen LogP contribution is -2.52. The number of nitrogens with zero attached hydrogens (tertiary/aromatic N) is 2. The third-order valence-electron chi connectivity index (χ3n) is 8.53. The van der Waals surface area contributed by atoms with Crippen molar-refractivity contribution >= 4 is 52.7 Å². The van der Waals surface area contributed by atoms with E-state index in [1.54, 1.807) is 24.3 Å². The van der Waals surface area contributed by atoms with Crippen molar-refractivity contribution in [2.24, 2.45) is 23.7 Å². The molecule has 3 aromatic carbocycles. The first-order valence-corrected chi connectivity index (χ1v) is 14.6. The maximum atomic E-state index is 13.8. The SMILES string of the molecule is COc1cccc(C(=O)Oc2ccc(C(=O)CN(C(=O)c3ccc(Cl)cc3Cl)N3C(=O)[C@@H]4[C@H]5CC[C@@H](C5)[C@H]4C3=O)cc2)c1. The van der Waals surface area contributed by atoms with Crippen LogP contribution in [0.15, 0.2) is 66.7 Å². The number of Topliss-reactive ketones (excluding diaryl/α,β-unsaturated/α-hetero) is 1. The van der Waals surface area contributed by atoms with Gasteiger partial charge in [0.1, 0.15) is 18.0 Å². The maximum Gasteiger partial charge on any atom is 0.343 e. The molecule has 2 saturated carbocycles. The van der Waals surface area contributed by atoms with Gasteiger partial charge < -0.3 is 9.47 Å². The smallest absolute Gasteiger partial charge is 0.343 e. The van der Waals surface area contributed by atoms with Crippen molar-refractivity contribution in [2.75, 3.05) is 13.7 Å². The molecule has 0 aromatic heterocycles. The van der Waals surface area contributed by atoms with Crippen LogP contribution in [0.4, 0.5) is 0 Å². The number of hydrazine groups is 1. The van der Waals surface area contributed by atoms with Crippen LogP contribution < -0.4 is 9.47 Å². The fourth-order valence-corrected chi connectivity index (χ4v) is 7.01. The Balaban J connectivity index is 1.24. The second-order valence-corrected chi connectivity index (χ2v) is 11.8. The molecule has 1 aliphatic heterocycles. The first-order valence-electron chi connectivity index (χ1n) is 13.8. The van der Waals surface area contributed by atoms with E-state index < -0.39 is 47.9 Å². The minimum absolute atomic E-state index is 0.000647. The number of rotatable bonds is 8. The molecule has 0 N–H and O–H groups in total. The van der Waals surface area contributed by atoms with Crippen LogP contribution in [0.3, 0.4) is 0 Å². The molecular formula is C32H26Cl2N2O7. The van der Waals surface area contributed by atoms with Crippen molar-refractivity contribution in [1.82, 2.24) is 10.0 Å². The highest BCUT2D eigenvalue weighted by Gasteiger charge is 2.62. The molecule has 11 heteroatoms. The Morgan fingerprint density at radius 3 is 2.16 bits per heavy atom. The molecule has 2 bridgehead atoms. The Labute approximate surface area is 257 Å². The molecule has 1 saturated heterocycles. The lowest BCUT2D eigenvalue weighted by Gasteiger charge is -2.31. The number of fused-ring (bicyclic) bond motifs is 5. The van der Waals surface area contributed by atoms with Crippen LogP contribution in [0.2, 0.25) is 10.0 Å². The summed E-state index contributed by atoms with van der Waals surface area (Å²) in [7, 11) is 1.49. The lowest BCUT2D eigenvalue weighted by molar-refractivity contribution is -0.155. The topological polar surface area (TPSA) is 110 Å². The summed E-state index contributed by atoms with van der Waals surface area (Å²) in [6.07, 6.45) is 2.55. The van der Waals surface area contributed by atoms with E-state index in [2.05, 4.69) is 0 Å². The summed E-state index contributed by atoms with van der Waals surface area (Å²) in [4.78, 5) is 67.1. The Morgan fingerprint density at radius 2 is 1.53 bits per heavy atom. The maximum absolute atomic E-state index is 13.8. The van der Waals surface area contributed by atoms with Gasteiger partial charge in [-0.3, -0.25) is 19.2 Å². The van der Waals surface area contributed by atoms with Crippen molar-refractivity contribution in [1.29, 1.82) is 0 Å². The number of methoxy groups -OCH3 is 1. The standard InChI is InChI=1S/C32H26Cl2N2O7/c1-42-23-4-2-3-20(14-23)32(41)43-22-10-7-17(8-11-22)26(37)16-35(29(38)24-12-9-21(33)15-25(24)34)36-30(39)27-18-5-6-19(13-18)28(27)31(36)40/h2-4,7-12,14-15,18-19,27-28H,5-6,13,16H2,1H3/t18-,19-,27+,28+/m0/s1. The molecule has 0 spiro atoms. The number of halogens is 2. The van der Waals surface area contributed by atoms with Crippen molar-refractivity contribution in [2.45, 2.75) is 19.3 Å². The Kier molecular flexibility index (Phi) is 7.70. The van der Waals surface area contributed by atoms with Gasteiger partial charge in [-0.25, -0.2) is 9.80 Å². The van der Waals surface area contributed by atoms with Crippen LogP contribution in [-0.2, 0) is 9.59 Å². The van der Waals surface area contributed by atoms with Crippen molar-refractivity contribution in [3.8, 4) is 11.5 Å². The molecular weight excluding hydrogens is 595 g/mol. The molecule has 43 heavy (non-hydrogen) atoms. The fraction of sp³-hybridized carbons (Fsp3) is 0.281. The van der Waals surface area contributed by atoms with Gasteiger partial charge in [0.15, 0.2) is 5.78 Å². The van der Waals surface area contributed by atoms with E-state index in [0.29, 0.717) is 10.8 Å². The molecule has 3 fully saturated rings. The minimum atomic E-state index is -0.770. The van der Waals surface area contributed by atoms with E-state index in [9.17, 15) is 24.0 Å². The van der Waals surface area contributed by atoms with E-state index in [1.807, 2.05) is 0 Å². The molecule has 3 aromatic rings. The molecule has 3 aliphatic rings. The second kappa shape index (κ2) is 11.5. The van der Waals surface area contributed by atoms with E-state index in [-0.39, 0.29) is 39.3 Å². The highest BCUT2D eigenvalue weighted by molar-refractivity contribution is 6.36. The van der Waals surface area contributed by atoms with Gasteiger partial charge in [0.2, 0.25) is 0 Å². The fourth-order valence-electron chi connectivity index (χ4n) is 6.52. The van der Waals surface area contributed by atoms with Gasteiger partial charge in [-0.05, 0) is 91.8 Å². The zero-order chi connectivity index (χ0) is 30.4. The van der Waals surface area contributed by atoms with Crippen LogP contribution in [0.5, 0.6) is 11.5 Å². The number of ether oxygens (including phenoxy) is 2. The minimum Gasteiger partial charge on any atom is -0.497 e. The number of hydrogen-bond acceptors (Lipinski definition) is 7. The number of imide groups is 1. The van der Waals surface area contributed by atoms with Crippen molar-refractivity contribution < 1.29 is 33.4 Å². The predicted molar refractivity (Wildman–Crippen MR) is 156 cm³/mol. The summed E-state index contributed by atoms with van der Waals surface area (Å²) in [5, 5.41) is 2.08. The van der Waals surface area contributed by atoms with Crippen LogP contribution in [-0.4, -0.2) is 53.1 Å². The average Bonchev–Trinajstić information content (AvgIpc) is 3.69. The van der Waals surface area contributed by atoms with E-state index in [1.165, 1.54) is 49.6 Å². The molecule has 0 radical (unpaired) electrons. The van der Waals surface area contributed by atoms with Gasteiger partial charge in [0, 0.05) is 10.6 Å². The summed E-state index contributed by atoms with van der Waals surface area (Å²) in [5.74, 6) is -2.95. The number of carbonyl (C=O) groups is 5. The van der Waals surface area contributed by atoms with Gasteiger partial charge >= 0.3 is 5.97 Å². The summed E-state index contributed by atoms with van der Waals surface area (Å²) >= 11 is 12.3. The average molecular weight is 621 g/mol. The third kappa shape index (κ3) is 5.28. The summed E-state index contributed by atoms with van der Waals surface area (Å²) in [5.41, 5.74) is 0.465. The number of benzene rings is 3. The molecule has 9 nitrogen and oxygen atoms in total. The summed E-state index contributed by atoms with van der Waals surface area (Å²) in [6, 6.07) is 16.5. The number of carbonyl (C=O) groups excluding carboxylic acids is 5. The molecule has 0 unspecified atom stereocenters. The molecule has 2 aliphatic carbocycles. The quantitative estimate of drug-likeness (QED) is 0.142. The summed E-state index contributed by atoms with van der Waals surface area (Å²) < 4.78 is 10.6. The number of amides is 3. The normalized spacial score (nSPS) is 22.0. The second-order valence-electron chi connectivity index (χ2n) is 10.9. The Hall–Kier alpha value is -4.21. The zero-order valence-electron chi connectivity index (χ0n) is 23.0. The van der Waals surface area contributed by atoms with Crippen molar-refractivity contribution in [3.63, 3.8) is 0 Å². The molecule has 3 amide bonds. The number of hydrogen-bond donors (Lipinski definition) is 0. The van der Waals surface area contributed by atoms with Gasteiger partial charge in [0.25, 0.3) is 17.7 Å². The highest BCUT2D eigenvalue weighted by atomic mass is 35.5. The van der Waals surface area contributed by atoms with E-state index in [0.717, 1.165) is 29.3 Å². The van der Waals surface area contributed by atoms with Crippen molar-refractivity contribution in [3.05, 3.63) is 93.5 Å². The van der Waals surface area contributed by atoms with Gasteiger partial charge in [-0.1, -0.05) is 29.3 Å². The molecule has 6 rings (SSSR count). The van der Waals surface area contributed by atoms with Crippen LogP contribution in [0.1, 0.15) is 50.3 Å². The number of ketones is 1. The van der Waals surface area contributed by atoms with Crippen LogP contribution >= 0.6 is 23.2 Å². The first kappa shape index (κ1) is 28.9. The Morgan fingerprint density at radius 1 is 0.860 bits per heavy atom. The largest absolute Gasteiger partial charge is 0.497 e. The van der Waals surface area contributed by atoms with E-state index in [4.69, 9.17) is 32.7 Å². The third-order valence-corrected chi connectivity index (χ3v) is 9.08. The molecule has 220 valence electrons. The summed E-state index contributed by atoms with van der Waals surface area (Å²) in [6.45, 7) is -0.590. The monoisotopic (exact) mass is 620 g/mol. The lowest BCUT2D eigenvalue weighted by atomic mass is 9.81. The van der Waals surface area contributed by atoms with Gasteiger partial charge in [-0.2, -0.15) is 5.01 Å². The van der Waals surface area contributed by atoms with Crippen LogP contribution in [0.25, 0.3) is 0 Å². The number of esters is 1. The zero-order valence-corrected chi connectivity index (χ0v) is 24.5. The van der Waals surface area contributed by atoms with Gasteiger partial charge in [0.05, 0.1) is 35.1 Å². The van der Waals surface area contributed by atoms with Crippen LogP contribution in [0, 0.1) is 23.7 Å². The predicted octanol–water partition coefficient (Wildman–Crippen LogP) is 5.49. The Bertz CT molecular complexity index is 1630. The molecule has 1 heterocycles.